The van der Waals surface area contributed by atoms with Crippen molar-refractivity contribution in [2.24, 2.45) is 5.73 Å². The summed E-state index contributed by atoms with van der Waals surface area (Å²) in [6.45, 7) is 0.627. The highest BCUT2D eigenvalue weighted by Gasteiger charge is 2.11. The van der Waals surface area contributed by atoms with Gasteiger partial charge in [-0.2, -0.15) is 0 Å². The van der Waals surface area contributed by atoms with E-state index in [-0.39, 0.29) is 6.54 Å². The largest absolute Gasteiger partial charge is 0.399 e. The number of carbonyl (C=O) groups excluding carboxylic acids is 1. The number of hydrogen-bond donors (Lipinski definition) is 2. The third kappa shape index (κ3) is 3.67. The summed E-state index contributed by atoms with van der Waals surface area (Å²) >= 11 is 0. The van der Waals surface area contributed by atoms with Crippen LogP contribution >= 0.6 is 0 Å². The van der Waals surface area contributed by atoms with Crippen LogP contribution in [0.1, 0.15) is 5.56 Å². The van der Waals surface area contributed by atoms with Crippen LogP contribution in [-0.4, -0.2) is 22.4 Å². The Kier molecular flexibility index (Phi) is 3.92. The molecule has 1 heterocycles. The molecule has 98 valence electrons. The fourth-order valence-electron chi connectivity index (χ4n) is 1.72. The highest BCUT2D eigenvalue weighted by atomic mass is 16.1. The quantitative estimate of drug-likeness (QED) is 0.762. The fraction of sp³-hybridized carbons (Fsp3) is 0.154. The first kappa shape index (κ1) is 12.8. The fourth-order valence-corrected chi connectivity index (χ4v) is 1.72. The lowest BCUT2D eigenvalue weighted by Crippen LogP contribution is -2.33. The second kappa shape index (κ2) is 5.81. The first-order valence-corrected chi connectivity index (χ1v) is 5.79. The van der Waals surface area contributed by atoms with Crippen molar-refractivity contribution in [1.82, 2.24) is 9.97 Å². The van der Waals surface area contributed by atoms with Gasteiger partial charge in [-0.15, -0.1) is 0 Å². The molecule has 2 aromatic rings. The molecular weight excluding hydrogens is 242 g/mol. The minimum Gasteiger partial charge on any atom is -0.399 e. The molecule has 1 aromatic heterocycles. The summed E-state index contributed by atoms with van der Waals surface area (Å²) in [6, 6.07) is 9.19. The molecule has 4 N–H and O–H groups in total. The average Bonchev–Trinajstić information content (AvgIpc) is 2.41. The maximum Gasteiger partial charge on any atom is 0.237 e. The number of carbonyl (C=O) groups is 1. The molecule has 0 aliphatic carbocycles. The average molecular weight is 257 g/mol. The van der Waals surface area contributed by atoms with E-state index in [0.717, 1.165) is 5.56 Å². The number of aromatic nitrogens is 2. The molecule has 0 unspecified atom stereocenters. The second-order valence-electron chi connectivity index (χ2n) is 4.13. The zero-order valence-corrected chi connectivity index (χ0v) is 10.4. The van der Waals surface area contributed by atoms with Crippen molar-refractivity contribution in [2.45, 2.75) is 6.54 Å². The monoisotopic (exact) mass is 257 g/mol. The van der Waals surface area contributed by atoms with Gasteiger partial charge in [-0.3, -0.25) is 4.79 Å². The number of primary amides is 1. The molecule has 0 spiro atoms. The summed E-state index contributed by atoms with van der Waals surface area (Å²) < 4.78 is 0. The van der Waals surface area contributed by atoms with Crippen molar-refractivity contribution < 1.29 is 4.79 Å². The van der Waals surface area contributed by atoms with Crippen molar-refractivity contribution in [3.05, 3.63) is 48.4 Å². The number of nitrogens with two attached hydrogens (primary N) is 2. The van der Waals surface area contributed by atoms with Crippen LogP contribution < -0.4 is 16.4 Å². The van der Waals surface area contributed by atoms with E-state index >= 15 is 0 Å². The van der Waals surface area contributed by atoms with Gasteiger partial charge in [-0.05, 0) is 23.8 Å². The van der Waals surface area contributed by atoms with Crippen LogP contribution in [-0.2, 0) is 11.3 Å². The predicted molar refractivity (Wildman–Crippen MR) is 73.1 cm³/mol. The second-order valence-corrected chi connectivity index (χ2v) is 4.13. The maximum absolute atomic E-state index is 11.1. The molecular formula is C13H15N5O. The Hall–Kier alpha value is -2.63. The highest BCUT2D eigenvalue weighted by Crippen LogP contribution is 2.14. The van der Waals surface area contributed by atoms with Crippen molar-refractivity contribution >= 4 is 17.4 Å². The first-order chi connectivity index (χ1) is 9.15. The topological polar surface area (TPSA) is 98.1 Å². The van der Waals surface area contributed by atoms with E-state index < -0.39 is 5.91 Å². The van der Waals surface area contributed by atoms with Crippen molar-refractivity contribution in [2.75, 3.05) is 17.2 Å². The van der Waals surface area contributed by atoms with E-state index in [0.29, 0.717) is 18.1 Å². The Morgan fingerprint density at radius 2 is 1.95 bits per heavy atom. The number of anilines is 2. The van der Waals surface area contributed by atoms with Crippen LogP contribution in [0, 0.1) is 0 Å². The molecule has 0 radical (unpaired) electrons. The molecule has 1 amide bonds. The number of amides is 1. The Bertz CT molecular complexity index is 541. The number of nitrogen functional groups attached to an aromatic ring is 1. The van der Waals surface area contributed by atoms with Gasteiger partial charge in [0.2, 0.25) is 5.91 Å². The lowest BCUT2D eigenvalue weighted by atomic mass is 10.2. The van der Waals surface area contributed by atoms with E-state index in [4.69, 9.17) is 11.5 Å². The summed E-state index contributed by atoms with van der Waals surface area (Å²) in [6.07, 6.45) is 3.06. The number of rotatable bonds is 5. The third-order valence-electron chi connectivity index (χ3n) is 2.59. The van der Waals surface area contributed by atoms with Crippen molar-refractivity contribution in [3.8, 4) is 0 Å². The van der Waals surface area contributed by atoms with Gasteiger partial charge in [0.25, 0.3) is 0 Å². The minimum atomic E-state index is -0.408. The van der Waals surface area contributed by atoms with Crippen LogP contribution in [0.3, 0.4) is 0 Å². The van der Waals surface area contributed by atoms with Crippen LogP contribution in [0.4, 0.5) is 11.5 Å². The standard InChI is InChI=1S/C13H15N5O/c14-11-3-1-10(2-4-11)7-18(8-12(15)19)13-5-6-16-9-17-13/h1-6,9H,7-8,14H2,(H2,15,19). The van der Waals surface area contributed by atoms with Crippen LogP contribution in [0.15, 0.2) is 42.9 Å². The van der Waals surface area contributed by atoms with E-state index in [1.807, 2.05) is 24.3 Å². The summed E-state index contributed by atoms with van der Waals surface area (Å²) in [7, 11) is 0. The number of benzene rings is 1. The highest BCUT2D eigenvalue weighted by molar-refractivity contribution is 5.79. The van der Waals surface area contributed by atoms with Gasteiger partial charge < -0.3 is 16.4 Å². The summed E-state index contributed by atoms with van der Waals surface area (Å²) in [4.78, 5) is 20.9. The SMILES string of the molecule is NC(=O)CN(Cc1ccc(N)cc1)c1ccncn1. The summed E-state index contributed by atoms with van der Waals surface area (Å²) in [5, 5.41) is 0. The molecule has 0 bridgehead atoms. The van der Waals surface area contributed by atoms with Crippen molar-refractivity contribution in [3.63, 3.8) is 0 Å². The summed E-state index contributed by atoms with van der Waals surface area (Å²) in [5.74, 6) is 0.250. The van der Waals surface area contributed by atoms with E-state index in [9.17, 15) is 4.79 Å². The molecule has 2 rings (SSSR count). The van der Waals surface area contributed by atoms with Crippen LogP contribution in [0.25, 0.3) is 0 Å². The zero-order valence-electron chi connectivity index (χ0n) is 10.4. The Morgan fingerprint density at radius 1 is 1.21 bits per heavy atom. The molecule has 0 saturated carbocycles. The Labute approximate surface area is 111 Å². The van der Waals surface area contributed by atoms with Crippen LogP contribution in [0.2, 0.25) is 0 Å². The molecule has 6 heteroatoms. The smallest absolute Gasteiger partial charge is 0.237 e. The van der Waals surface area contributed by atoms with Gasteiger partial charge >= 0.3 is 0 Å². The third-order valence-corrected chi connectivity index (χ3v) is 2.59. The van der Waals surface area contributed by atoms with Gasteiger partial charge in [0.05, 0.1) is 6.54 Å². The van der Waals surface area contributed by atoms with Gasteiger partial charge in [0, 0.05) is 18.4 Å². The Balaban J connectivity index is 2.19. The van der Waals surface area contributed by atoms with Gasteiger partial charge in [-0.1, -0.05) is 12.1 Å². The normalized spacial score (nSPS) is 10.1. The molecule has 0 saturated heterocycles. The van der Waals surface area contributed by atoms with Crippen molar-refractivity contribution in [1.29, 1.82) is 0 Å². The first-order valence-electron chi connectivity index (χ1n) is 5.79. The number of nitrogens with zero attached hydrogens (tertiary/aromatic N) is 3. The molecule has 0 atom stereocenters. The molecule has 0 aliphatic heterocycles. The molecule has 6 nitrogen and oxygen atoms in total. The molecule has 0 aliphatic rings. The lowest BCUT2D eigenvalue weighted by molar-refractivity contribution is -0.116. The zero-order chi connectivity index (χ0) is 13.7. The maximum atomic E-state index is 11.1. The lowest BCUT2D eigenvalue weighted by Gasteiger charge is -2.22. The molecule has 1 aromatic carbocycles. The van der Waals surface area contributed by atoms with Gasteiger partial charge in [-0.25, -0.2) is 9.97 Å². The van der Waals surface area contributed by atoms with E-state index in [1.54, 1.807) is 17.2 Å². The summed E-state index contributed by atoms with van der Waals surface area (Å²) in [5.41, 5.74) is 12.6. The molecule has 0 fully saturated rings. The minimum absolute atomic E-state index is 0.0986. The molecule has 19 heavy (non-hydrogen) atoms. The predicted octanol–water partition coefficient (Wildman–Crippen LogP) is 0.551. The van der Waals surface area contributed by atoms with Gasteiger partial charge in [0.15, 0.2) is 0 Å². The van der Waals surface area contributed by atoms with Crippen LogP contribution in [0.5, 0.6) is 0 Å². The van der Waals surface area contributed by atoms with Gasteiger partial charge in [0.1, 0.15) is 12.1 Å². The number of hydrogen-bond acceptors (Lipinski definition) is 5. The van der Waals surface area contributed by atoms with E-state index in [1.165, 1.54) is 6.33 Å². The van der Waals surface area contributed by atoms with E-state index in [2.05, 4.69) is 9.97 Å². The Morgan fingerprint density at radius 3 is 2.53 bits per heavy atom.